The number of thiazole rings is 1. The number of hydrogen-bond donors (Lipinski definition) is 1. The van der Waals surface area contributed by atoms with Crippen LogP contribution in [-0.2, 0) is 0 Å². The second-order valence-electron chi connectivity index (χ2n) is 5.44. The number of aromatic nitrogens is 1. The van der Waals surface area contributed by atoms with Gasteiger partial charge in [-0.3, -0.25) is 5.43 Å². The number of nitrogens with zero attached hydrogens (tertiary/aromatic N) is 2. The van der Waals surface area contributed by atoms with Crippen molar-refractivity contribution in [1.82, 2.24) is 4.98 Å². The van der Waals surface area contributed by atoms with Crippen molar-refractivity contribution < 1.29 is 4.42 Å². The summed E-state index contributed by atoms with van der Waals surface area (Å²) in [7, 11) is 0. The van der Waals surface area contributed by atoms with E-state index in [4.69, 9.17) is 16.0 Å². The minimum Gasteiger partial charge on any atom is -0.422 e. The molecule has 0 unspecified atom stereocenters. The van der Waals surface area contributed by atoms with Crippen molar-refractivity contribution in [1.29, 1.82) is 0 Å². The molecular weight excluding hydrogens is 370 g/mol. The number of para-hydroxylation sites is 1. The fourth-order valence-electron chi connectivity index (χ4n) is 2.40. The van der Waals surface area contributed by atoms with Gasteiger partial charge in [-0.2, -0.15) is 5.10 Å². The van der Waals surface area contributed by atoms with Crippen LogP contribution in [0.1, 0.15) is 5.56 Å². The van der Waals surface area contributed by atoms with Gasteiger partial charge in [-0.25, -0.2) is 9.78 Å². The highest BCUT2D eigenvalue weighted by atomic mass is 35.5. The molecule has 0 radical (unpaired) electrons. The van der Waals surface area contributed by atoms with Crippen LogP contribution in [0.15, 0.2) is 74.3 Å². The lowest BCUT2D eigenvalue weighted by molar-refractivity contribution is 0.563. The first-order valence-corrected chi connectivity index (χ1v) is 8.98. The van der Waals surface area contributed by atoms with E-state index in [1.54, 1.807) is 35.9 Å². The maximum atomic E-state index is 12.2. The molecule has 0 aliphatic carbocycles. The van der Waals surface area contributed by atoms with Crippen LogP contribution >= 0.6 is 22.9 Å². The van der Waals surface area contributed by atoms with E-state index in [9.17, 15) is 4.79 Å². The van der Waals surface area contributed by atoms with Gasteiger partial charge in [0.05, 0.1) is 17.5 Å². The molecule has 2 aromatic heterocycles. The van der Waals surface area contributed by atoms with E-state index in [0.717, 1.165) is 10.9 Å². The lowest BCUT2D eigenvalue weighted by Crippen LogP contribution is -2.02. The monoisotopic (exact) mass is 381 g/mol. The third-order valence-corrected chi connectivity index (χ3v) is 4.66. The van der Waals surface area contributed by atoms with Gasteiger partial charge in [0.15, 0.2) is 0 Å². The summed E-state index contributed by atoms with van der Waals surface area (Å²) in [5.41, 5.74) is 4.90. The molecule has 0 aliphatic rings. The molecule has 0 fully saturated rings. The molecule has 7 heteroatoms. The average molecular weight is 382 g/mol. The van der Waals surface area contributed by atoms with Crippen LogP contribution in [0.2, 0.25) is 5.02 Å². The Morgan fingerprint density at radius 2 is 1.96 bits per heavy atom. The van der Waals surface area contributed by atoms with Crippen molar-refractivity contribution in [3.63, 3.8) is 0 Å². The standard InChI is InChI=1S/C19H12ClN3O2S/c20-14-7-5-12(6-8-14)10-21-23-19-22-16(11-26-19)15-9-13-3-1-2-4-17(13)25-18(15)24/h1-11H,(H,22,23)/b21-10-. The minimum atomic E-state index is -0.412. The number of rotatable bonds is 4. The van der Waals surface area contributed by atoms with Crippen LogP contribution in [-0.4, -0.2) is 11.2 Å². The van der Waals surface area contributed by atoms with Crippen LogP contribution in [0.25, 0.3) is 22.2 Å². The molecule has 4 aromatic rings. The van der Waals surface area contributed by atoms with Crippen LogP contribution in [0.3, 0.4) is 0 Å². The molecule has 0 spiro atoms. The molecule has 0 saturated carbocycles. The molecule has 5 nitrogen and oxygen atoms in total. The summed E-state index contributed by atoms with van der Waals surface area (Å²) in [6, 6.07) is 16.5. The fraction of sp³-hybridized carbons (Fsp3) is 0. The van der Waals surface area contributed by atoms with E-state index in [2.05, 4.69) is 15.5 Å². The molecule has 128 valence electrons. The van der Waals surface area contributed by atoms with Crippen molar-refractivity contribution >= 4 is 45.3 Å². The summed E-state index contributed by atoms with van der Waals surface area (Å²) in [4.78, 5) is 16.6. The van der Waals surface area contributed by atoms with Gasteiger partial charge in [0, 0.05) is 15.8 Å². The fourth-order valence-corrected chi connectivity index (χ4v) is 3.19. The van der Waals surface area contributed by atoms with Gasteiger partial charge in [0.1, 0.15) is 5.58 Å². The second kappa shape index (κ2) is 7.11. The quantitative estimate of drug-likeness (QED) is 0.306. The third-order valence-electron chi connectivity index (χ3n) is 3.67. The van der Waals surface area contributed by atoms with Crippen molar-refractivity contribution in [2.75, 3.05) is 5.43 Å². The van der Waals surface area contributed by atoms with Gasteiger partial charge < -0.3 is 4.42 Å². The molecule has 0 saturated heterocycles. The van der Waals surface area contributed by atoms with E-state index in [1.165, 1.54) is 11.3 Å². The van der Waals surface area contributed by atoms with Crippen molar-refractivity contribution in [2.45, 2.75) is 0 Å². The number of anilines is 1. The highest BCUT2D eigenvalue weighted by Crippen LogP contribution is 2.25. The van der Waals surface area contributed by atoms with Crippen LogP contribution in [0.5, 0.6) is 0 Å². The van der Waals surface area contributed by atoms with E-state index < -0.39 is 5.63 Å². The van der Waals surface area contributed by atoms with Crippen molar-refractivity contribution in [3.8, 4) is 11.3 Å². The molecule has 2 heterocycles. The predicted octanol–water partition coefficient (Wildman–Crippen LogP) is 5.02. The average Bonchev–Trinajstić information content (AvgIpc) is 3.11. The maximum absolute atomic E-state index is 12.2. The van der Waals surface area contributed by atoms with Gasteiger partial charge in [-0.15, -0.1) is 11.3 Å². The molecule has 0 amide bonds. The van der Waals surface area contributed by atoms with E-state index in [1.807, 2.05) is 30.3 Å². The Hall–Kier alpha value is -2.96. The Morgan fingerprint density at radius 1 is 1.15 bits per heavy atom. The molecular formula is C19H12ClN3O2S. The lowest BCUT2D eigenvalue weighted by Gasteiger charge is -1.99. The normalized spacial score (nSPS) is 11.3. The zero-order chi connectivity index (χ0) is 17.9. The SMILES string of the molecule is O=c1oc2ccccc2cc1-c1csc(N/N=C\c2ccc(Cl)cc2)n1. The smallest absolute Gasteiger partial charge is 0.345 e. The van der Waals surface area contributed by atoms with Crippen molar-refractivity contribution in [3.05, 3.63) is 81.0 Å². The molecule has 0 aliphatic heterocycles. The van der Waals surface area contributed by atoms with E-state index in [-0.39, 0.29) is 0 Å². The van der Waals surface area contributed by atoms with E-state index in [0.29, 0.717) is 27.0 Å². The lowest BCUT2D eigenvalue weighted by atomic mass is 10.1. The number of nitrogens with one attached hydrogen (secondary N) is 1. The Morgan fingerprint density at radius 3 is 2.81 bits per heavy atom. The minimum absolute atomic E-state index is 0.412. The Bertz CT molecular complexity index is 1150. The number of benzene rings is 2. The van der Waals surface area contributed by atoms with Gasteiger partial charge >= 0.3 is 5.63 Å². The van der Waals surface area contributed by atoms with Gasteiger partial charge in [-0.1, -0.05) is 41.9 Å². The summed E-state index contributed by atoms with van der Waals surface area (Å²) in [6.45, 7) is 0. The topological polar surface area (TPSA) is 67.5 Å². The molecule has 0 bridgehead atoms. The van der Waals surface area contributed by atoms with Crippen molar-refractivity contribution in [2.24, 2.45) is 5.10 Å². The van der Waals surface area contributed by atoms with E-state index >= 15 is 0 Å². The van der Waals surface area contributed by atoms with Gasteiger partial charge in [0.2, 0.25) is 5.13 Å². The maximum Gasteiger partial charge on any atom is 0.345 e. The number of halogens is 1. The highest BCUT2D eigenvalue weighted by Gasteiger charge is 2.11. The van der Waals surface area contributed by atoms with Gasteiger partial charge in [-0.05, 0) is 29.8 Å². The molecule has 4 rings (SSSR count). The summed E-state index contributed by atoms with van der Waals surface area (Å²) in [5.74, 6) is 0. The zero-order valence-corrected chi connectivity index (χ0v) is 14.9. The first-order chi connectivity index (χ1) is 12.7. The Labute approximate surface area is 157 Å². The van der Waals surface area contributed by atoms with Crippen LogP contribution in [0.4, 0.5) is 5.13 Å². The largest absolute Gasteiger partial charge is 0.422 e. The zero-order valence-electron chi connectivity index (χ0n) is 13.3. The summed E-state index contributed by atoms with van der Waals surface area (Å²) < 4.78 is 5.35. The molecule has 2 aromatic carbocycles. The predicted molar refractivity (Wildman–Crippen MR) is 106 cm³/mol. The number of fused-ring (bicyclic) bond motifs is 1. The number of hydrazone groups is 1. The Balaban J connectivity index is 1.55. The first kappa shape index (κ1) is 16.5. The molecule has 0 atom stereocenters. The molecule has 1 N–H and O–H groups in total. The van der Waals surface area contributed by atoms with Crippen LogP contribution in [0, 0.1) is 0 Å². The summed E-state index contributed by atoms with van der Waals surface area (Å²) in [6.07, 6.45) is 1.67. The molecule has 26 heavy (non-hydrogen) atoms. The van der Waals surface area contributed by atoms with Gasteiger partial charge in [0.25, 0.3) is 0 Å². The number of hydrogen-bond acceptors (Lipinski definition) is 6. The highest BCUT2D eigenvalue weighted by molar-refractivity contribution is 7.14. The summed E-state index contributed by atoms with van der Waals surface area (Å²) in [5, 5.41) is 8.05. The first-order valence-electron chi connectivity index (χ1n) is 7.72. The Kier molecular flexibility index (Phi) is 4.51. The second-order valence-corrected chi connectivity index (χ2v) is 6.74. The summed E-state index contributed by atoms with van der Waals surface area (Å²) >= 11 is 7.21. The third kappa shape index (κ3) is 3.51. The van der Waals surface area contributed by atoms with Crippen LogP contribution < -0.4 is 11.1 Å².